The van der Waals surface area contributed by atoms with Gasteiger partial charge < -0.3 is 0 Å². The first-order valence-electron chi connectivity index (χ1n) is 4.36. The molecule has 1 aromatic heterocycles. The van der Waals surface area contributed by atoms with E-state index in [1.165, 1.54) is 0 Å². The minimum Gasteiger partial charge on any atom is -0.296 e. The van der Waals surface area contributed by atoms with Crippen LogP contribution in [-0.4, -0.2) is 15.8 Å². The minimum absolute atomic E-state index is 0.569. The van der Waals surface area contributed by atoms with Gasteiger partial charge in [-0.2, -0.15) is 0 Å². The Morgan fingerprint density at radius 2 is 2.14 bits per heavy atom. The lowest BCUT2D eigenvalue weighted by Crippen LogP contribution is -1.99. The zero-order valence-corrected chi connectivity index (χ0v) is 7.84. The van der Waals surface area contributed by atoms with E-state index in [1.807, 2.05) is 31.2 Å². The third kappa shape index (κ3) is 1.33. The van der Waals surface area contributed by atoms with Crippen molar-refractivity contribution < 1.29 is 4.79 Å². The van der Waals surface area contributed by atoms with Crippen LogP contribution in [0.25, 0.3) is 5.69 Å². The molecule has 0 N–H and O–H groups in total. The summed E-state index contributed by atoms with van der Waals surface area (Å²) >= 11 is 0. The first kappa shape index (κ1) is 8.69. The van der Waals surface area contributed by atoms with Gasteiger partial charge in [-0.1, -0.05) is 18.2 Å². The predicted octanol–water partition coefficient (Wildman–Crippen LogP) is 1.99. The molecule has 0 fully saturated rings. The highest BCUT2D eigenvalue weighted by Crippen LogP contribution is 2.14. The summed E-state index contributed by atoms with van der Waals surface area (Å²) in [4.78, 5) is 14.7. The molecule has 0 saturated heterocycles. The van der Waals surface area contributed by atoms with Gasteiger partial charge in [-0.15, -0.1) is 0 Å². The van der Waals surface area contributed by atoms with Gasteiger partial charge >= 0.3 is 0 Å². The highest BCUT2D eigenvalue weighted by molar-refractivity contribution is 5.73. The van der Waals surface area contributed by atoms with Gasteiger partial charge in [-0.25, -0.2) is 4.98 Å². The highest BCUT2D eigenvalue weighted by Gasteiger charge is 2.04. The van der Waals surface area contributed by atoms with Gasteiger partial charge in [0, 0.05) is 0 Å². The summed E-state index contributed by atoms with van der Waals surface area (Å²) < 4.78 is 1.78. The summed E-state index contributed by atoms with van der Waals surface area (Å²) in [5.74, 6) is 0. The quantitative estimate of drug-likeness (QED) is 0.672. The van der Waals surface area contributed by atoms with Crippen molar-refractivity contribution in [1.29, 1.82) is 0 Å². The van der Waals surface area contributed by atoms with E-state index >= 15 is 0 Å². The van der Waals surface area contributed by atoms with Crippen molar-refractivity contribution in [2.45, 2.75) is 6.92 Å². The number of hydrogen-bond acceptors (Lipinski definition) is 2. The molecule has 0 radical (unpaired) electrons. The molecular formula is C11H10N2O. The Balaban J connectivity index is 2.60. The molecule has 1 heterocycles. The van der Waals surface area contributed by atoms with Crippen LogP contribution in [0.3, 0.4) is 0 Å². The van der Waals surface area contributed by atoms with E-state index in [2.05, 4.69) is 4.98 Å². The van der Waals surface area contributed by atoms with E-state index in [0.717, 1.165) is 17.5 Å². The van der Waals surface area contributed by atoms with Crippen LogP contribution in [0, 0.1) is 6.92 Å². The van der Waals surface area contributed by atoms with Gasteiger partial charge in [0.2, 0.25) is 0 Å². The van der Waals surface area contributed by atoms with Crippen LogP contribution in [0.4, 0.5) is 0 Å². The smallest absolute Gasteiger partial charge is 0.168 e. The van der Waals surface area contributed by atoms with Crippen LogP contribution >= 0.6 is 0 Å². The Labute approximate surface area is 82.0 Å². The number of carbonyl (C=O) groups is 1. The molecule has 0 aliphatic heterocycles. The molecule has 0 spiro atoms. The van der Waals surface area contributed by atoms with Gasteiger partial charge in [0.05, 0.1) is 18.2 Å². The number of rotatable bonds is 2. The normalized spacial score (nSPS) is 10.1. The van der Waals surface area contributed by atoms with E-state index in [9.17, 15) is 4.79 Å². The number of hydrogen-bond donors (Lipinski definition) is 0. The van der Waals surface area contributed by atoms with E-state index in [-0.39, 0.29) is 0 Å². The lowest BCUT2D eigenvalue weighted by atomic mass is 10.2. The molecular weight excluding hydrogens is 176 g/mol. The topological polar surface area (TPSA) is 34.9 Å². The second kappa shape index (κ2) is 3.46. The Hall–Kier alpha value is -1.90. The summed E-state index contributed by atoms with van der Waals surface area (Å²) in [6.07, 6.45) is 4.00. The molecule has 70 valence electrons. The Morgan fingerprint density at radius 3 is 2.86 bits per heavy atom. The minimum atomic E-state index is 0.569. The number of nitrogens with zero attached hydrogens (tertiary/aromatic N) is 2. The SMILES string of the molecule is Cc1ccccc1-n1cncc1C=O. The fourth-order valence-corrected chi connectivity index (χ4v) is 1.43. The van der Waals surface area contributed by atoms with E-state index < -0.39 is 0 Å². The van der Waals surface area contributed by atoms with E-state index in [4.69, 9.17) is 0 Å². The van der Waals surface area contributed by atoms with Crippen LogP contribution in [0.2, 0.25) is 0 Å². The summed E-state index contributed by atoms with van der Waals surface area (Å²) in [6, 6.07) is 7.88. The molecule has 0 aliphatic rings. The van der Waals surface area contributed by atoms with Crippen LogP contribution < -0.4 is 0 Å². The second-order valence-corrected chi connectivity index (χ2v) is 3.09. The maximum atomic E-state index is 10.7. The summed E-state index contributed by atoms with van der Waals surface area (Å²) in [5, 5.41) is 0. The van der Waals surface area contributed by atoms with Crippen LogP contribution in [0.1, 0.15) is 16.1 Å². The van der Waals surface area contributed by atoms with Crippen molar-refractivity contribution in [3.63, 3.8) is 0 Å². The van der Waals surface area contributed by atoms with Gasteiger partial charge in [-0.05, 0) is 18.6 Å². The number of benzene rings is 1. The van der Waals surface area contributed by atoms with E-state index in [0.29, 0.717) is 5.69 Å². The van der Waals surface area contributed by atoms with Crippen molar-refractivity contribution in [1.82, 2.24) is 9.55 Å². The maximum absolute atomic E-state index is 10.7. The van der Waals surface area contributed by atoms with Crippen LogP contribution in [-0.2, 0) is 0 Å². The third-order valence-corrected chi connectivity index (χ3v) is 2.16. The Morgan fingerprint density at radius 1 is 1.36 bits per heavy atom. The fraction of sp³-hybridized carbons (Fsp3) is 0.0909. The molecule has 0 saturated carbocycles. The Kier molecular flexibility index (Phi) is 2.14. The van der Waals surface area contributed by atoms with Crippen LogP contribution in [0.5, 0.6) is 0 Å². The van der Waals surface area contributed by atoms with Crippen molar-refractivity contribution >= 4 is 6.29 Å². The molecule has 3 heteroatoms. The molecule has 3 nitrogen and oxygen atoms in total. The number of aryl methyl sites for hydroxylation is 1. The maximum Gasteiger partial charge on any atom is 0.168 e. The molecule has 0 atom stereocenters. The van der Waals surface area contributed by atoms with Gasteiger partial charge in [-0.3, -0.25) is 9.36 Å². The fourth-order valence-electron chi connectivity index (χ4n) is 1.43. The molecule has 0 unspecified atom stereocenters. The zero-order chi connectivity index (χ0) is 9.97. The lowest BCUT2D eigenvalue weighted by Gasteiger charge is -2.06. The standard InChI is InChI=1S/C11H10N2O/c1-9-4-2-3-5-11(9)13-8-12-6-10(13)7-14/h2-8H,1H3. The average molecular weight is 186 g/mol. The molecule has 14 heavy (non-hydrogen) atoms. The monoisotopic (exact) mass is 186 g/mol. The third-order valence-electron chi connectivity index (χ3n) is 2.16. The number of aldehydes is 1. The first-order chi connectivity index (χ1) is 6.83. The van der Waals surface area contributed by atoms with Crippen molar-refractivity contribution in [2.75, 3.05) is 0 Å². The molecule has 0 bridgehead atoms. The molecule has 0 amide bonds. The zero-order valence-electron chi connectivity index (χ0n) is 7.84. The van der Waals surface area contributed by atoms with Crippen molar-refractivity contribution in [3.8, 4) is 5.69 Å². The van der Waals surface area contributed by atoms with Crippen molar-refractivity contribution in [3.05, 3.63) is 48.0 Å². The molecule has 2 rings (SSSR count). The van der Waals surface area contributed by atoms with Gasteiger partial charge in [0.25, 0.3) is 0 Å². The Bertz CT molecular complexity index is 460. The van der Waals surface area contributed by atoms with Crippen molar-refractivity contribution in [2.24, 2.45) is 0 Å². The molecule has 2 aromatic rings. The van der Waals surface area contributed by atoms with Crippen LogP contribution in [0.15, 0.2) is 36.8 Å². The van der Waals surface area contributed by atoms with Gasteiger partial charge in [0.15, 0.2) is 6.29 Å². The molecule has 0 aliphatic carbocycles. The number of aromatic nitrogens is 2. The number of imidazole rings is 1. The highest BCUT2D eigenvalue weighted by atomic mass is 16.1. The summed E-state index contributed by atoms with van der Waals surface area (Å²) in [5.41, 5.74) is 2.68. The largest absolute Gasteiger partial charge is 0.296 e. The number of carbonyl (C=O) groups excluding carboxylic acids is 1. The number of para-hydroxylation sites is 1. The lowest BCUT2D eigenvalue weighted by molar-refractivity contribution is 0.111. The van der Waals surface area contributed by atoms with Gasteiger partial charge in [0.1, 0.15) is 5.69 Å². The first-order valence-corrected chi connectivity index (χ1v) is 4.36. The molecule has 1 aromatic carbocycles. The summed E-state index contributed by atoms with van der Waals surface area (Å²) in [6.45, 7) is 2.00. The predicted molar refractivity (Wildman–Crippen MR) is 53.7 cm³/mol. The summed E-state index contributed by atoms with van der Waals surface area (Å²) in [7, 11) is 0. The van der Waals surface area contributed by atoms with E-state index in [1.54, 1.807) is 17.1 Å². The second-order valence-electron chi connectivity index (χ2n) is 3.09. The average Bonchev–Trinajstić information content (AvgIpc) is 2.66.